The first-order valence-electron chi connectivity index (χ1n) is 1.72. The van der Waals surface area contributed by atoms with Crippen molar-refractivity contribution in [1.82, 2.24) is 0 Å². The molecule has 0 aliphatic carbocycles. The van der Waals surface area contributed by atoms with Gasteiger partial charge in [0.15, 0.2) is 0 Å². The van der Waals surface area contributed by atoms with E-state index in [1.165, 1.54) is 0 Å². The molecule has 0 atom stereocenters. The number of nitrogens with zero attached hydrogens (tertiary/aromatic N) is 1. The molecule has 0 bridgehead atoms. The van der Waals surface area contributed by atoms with E-state index in [1.54, 1.807) is 0 Å². The van der Waals surface area contributed by atoms with Crippen molar-refractivity contribution in [3.8, 4) is 0 Å². The second-order valence-electron chi connectivity index (χ2n) is 1.000. The molecule has 0 aromatic carbocycles. The highest BCUT2D eigenvalue weighted by molar-refractivity contribution is 6.44. The molecule has 0 aliphatic heterocycles. The Morgan fingerprint density at radius 1 is 1.56 bits per heavy atom. The summed E-state index contributed by atoms with van der Waals surface area (Å²) >= 11 is 0. The minimum atomic E-state index is -5.00. The molecule has 0 saturated carbocycles. The molecule has 3 nitrogen and oxygen atoms in total. The fraction of sp³-hybridized carbons (Fsp3) is 0.500. The number of halogens is 3. The topological polar surface area (TPSA) is 36.6 Å². The molecule has 9 heavy (non-hydrogen) atoms. The second-order valence-corrected chi connectivity index (χ2v) is 1.000. The fourth-order valence-electron chi connectivity index (χ4n) is 0.141. The molecule has 0 amide bonds. The lowest BCUT2D eigenvalue weighted by Gasteiger charge is -2.06. The molecule has 50 valence electrons. The van der Waals surface area contributed by atoms with Crippen molar-refractivity contribution in [2.45, 2.75) is 6.36 Å². The zero-order valence-corrected chi connectivity index (χ0v) is 3.97. The van der Waals surface area contributed by atoms with Crippen LogP contribution in [-0.4, -0.2) is 13.6 Å². The molecule has 0 unspecified atom stereocenters. The van der Waals surface area contributed by atoms with Crippen LogP contribution >= 0.6 is 0 Å². The predicted molar refractivity (Wildman–Crippen MR) is 19.5 cm³/mol. The molecule has 0 aromatic rings. The summed E-state index contributed by atoms with van der Waals surface area (Å²) in [6.45, 7) is 5.78. The number of hydrogen-bond donors (Lipinski definition) is 0. The van der Waals surface area contributed by atoms with Gasteiger partial charge in [-0.2, -0.15) is 0 Å². The van der Waals surface area contributed by atoms with Crippen molar-refractivity contribution in [1.29, 1.82) is 0 Å². The zero-order chi connectivity index (χ0) is 7.49. The maximum absolute atomic E-state index is 10.9. The van der Waals surface area contributed by atoms with Gasteiger partial charge in [0.05, 0.1) is 0 Å². The Kier molecular flexibility index (Phi) is 2.49. The Morgan fingerprint density at radius 3 is 2.11 bits per heavy atom. The Morgan fingerprint density at radius 2 is 2.00 bits per heavy atom. The molecule has 0 heterocycles. The van der Waals surface area contributed by atoms with Crippen LogP contribution in [0, 0.1) is 6.57 Å². The van der Waals surface area contributed by atoms with Crippen LogP contribution < -0.4 is 5.02 Å². The lowest BCUT2D eigenvalue weighted by molar-refractivity contribution is -0.322. The summed E-state index contributed by atoms with van der Waals surface area (Å²) < 4.78 is 37.4. The fourth-order valence-corrected chi connectivity index (χ4v) is 0.141. The van der Waals surface area contributed by atoms with Crippen LogP contribution in [0.4, 0.5) is 13.2 Å². The van der Waals surface area contributed by atoms with Gasteiger partial charge in [0.25, 0.3) is 0 Å². The Balaban J connectivity index is 3.63. The summed E-state index contributed by atoms with van der Waals surface area (Å²) in [7, 11) is -2.69. The third kappa shape index (κ3) is 5.13. The third-order valence-corrected chi connectivity index (χ3v) is 0.340. The average Bonchev–Trinajstić information content (AvgIpc) is 1.62. The van der Waals surface area contributed by atoms with E-state index >= 15 is 0 Å². The molecule has 0 spiro atoms. The number of alkyl halides is 3. The first-order chi connectivity index (χ1) is 3.95. The van der Waals surface area contributed by atoms with Gasteiger partial charge in [-0.15, -0.1) is 13.2 Å². The molecule has 0 radical (unpaired) electrons. The van der Waals surface area contributed by atoms with Crippen LogP contribution in [0.3, 0.4) is 0 Å². The van der Waals surface area contributed by atoms with Gasteiger partial charge in [0.2, 0.25) is 0 Å². The van der Waals surface area contributed by atoms with Crippen molar-refractivity contribution < 1.29 is 22.8 Å². The van der Waals surface area contributed by atoms with Crippen molar-refractivity contribution >= 4 is 7.25 Å². The minimum absolute atomic E-state index is 1.93. The zero-order valence-electron chi connectivity index (χ0n) is 3.97. The highest BCUT2D eigenvalue weighted by Gasteiger charge is 2.35. The van der Waals surface area contributed by atoms with Gasteiger partial charge in [-0.3, -0.25) is 11.2 Å². The highest BCUT2D eigenvalue weighted by Crippen LogP contribution is 2.15. The lowest BCUT2D eigenvalue weighted by Crippen LogP contribution is -2.36. The van der Waals surface area contributed by atoms with Gasteiger partial charge in [0.1, 0.15) is 0 Å². The summed E-state index contributed by atoms with van der Waals surface area (Å²) in [4.78, 5) is 0. The summed E-state index contributed by atoms with van der Waals surface area (Å²) in [6, 6.07) is 0. The molecule has 0 aliphatic rings. The largest absolute Gasteiger partial charge is 0.776 e. The molecule has 0 saturated heterocycles. The van der Waals surface area contributed by atoms with E-state index in [-0.39, 0.29) is 0 Å². The Labute approximate surface area is 49.0 Å². The van der Waals surface area contributed by atoms with E-state index in [1.807, 2.05) is 4.76 Å². The molecule has 0 rings (SSSR count). The summed E-state index contributed by atoms with van der Waals surface area (Å²) in [5.74, 6) is 0. The molecule has 0 fully saturated rings. The number of hydrogen-bond acceptors (Lipinski definition) is 2. The monoisotopic (exact) mass is 138 g/mol. The van der Waals surface area contributed by atoms with Crippen LogP contribution in [0.5, 0.6) is 0 Å². The quantitative estimate of drug-likeness (QED) is 0.371. The molecule has 0 N–H and O–H groups in total. The predicted octanol–water partition coefficient (Wildman–Crippen LogP) is -0.213. The first-order valence-corrected chi connectivity index (χ1v) is 1.72. The third-order valence-electron chi connectivity index (χ3n) is 0.340. The first kappa shape index (κ1) is 8.26. The smallest absolute Gasteiger partial charge is 0.669 e. The van der Waals surface area contributed by atoms with Gasteiger partial charge in [-0.05, 0) is 0 Å². The van der Waals surface area contributed by atoms with Crippen LogP contribution in [0.2, 0.25) is 0 Å². The maximum Gasteiger partial charge on any atom is 0.669 e. The van der Waals surface area contributed by atoms with Crippen LogP contribution in [0.25, 0.3) is 4.76 Å². The van der Waals surface area contributed by atoms with Gasteiger partial charge >= 0.3 is 13.6 Å². The Bertz CT molecular complexity index is 129. The van der Waals surface area contributed by atoms with Crippen molar-refractivity contribution in [3.63, 3.8) is 0 Å². The summed E-state index contributed by atoms with van der Waals surface area (Å²) in [6.07, 6.45) is -5.00. The van der Waals surface area contributed by atoms with Gasteiger partial charge in [0, 0.05) is 0 Å². The summed E-state index contributed by atoms with van der Waals surface area (Å²) in [5.41, 5.74) is 0. The average molecular weight is 138 g/mol. The molecular formula is C2BF3NO2-. The van der Waals surface area contributed by atoms with Gasteiger partial charge in [-0.1, -0.05) is 0 Å². The van der Waals surface area contributed by atoms with E-state index in [0.29, 0.717) is 0 Å². The highest BCUT2D eigenvalue weighted by atomic mass is 19.4. The lowest BCUT2D eigenvalue weighted by atomic mass is 10.2. The second kappa shape index (κ2) is 2.71. The van der Waals surface area contributed by atoms with E-state index in [2.05, 4.69) is 4.65 Å². The van der Waals surface area contributed by atoms with Gasteiger partial charge in [-0.25, -0.2) is 0 Å². The van der Waals surface area contributed by atoms with Crippen molar-refractivity contribution in [2.75, 3.05) is 0 Å². The normalized spacial score (nSPS) is 10.6. The van der Waals surface area contributed by atoms with Crippen molar-refractivity contribution in [3.05, 3.63) is 11.3 Å². The van der Waals surface area contributed by atoms with E-state index < -0.39 is 13.6 Å². The SMILES string of the molecule is [C-]#[N+]B([O-])OC(F)(F)F. The van der Waals surface area contributed by atoms with Crippen LogP contribution in [0.1, 0.15) is 0 Å². The standard InChI is InChI=1S/C2BF3NO2/c1-7-3(8)9-2(4,5)6/q-1. The van der Waals surface area contributed by atoms with E-state index in [4.69, 9.17) is 6.57 Å². The molecular weight excluding hydrogens is 138 g/mol. The van der Waals surface area contributed by atoms with E-state index in [9.17, 15) is 18.2 Å². The minimum Gasteiger partial charge on any atom is -0.776 e. The van der Waals surface area contributed by atoms with Gasteiger partial charge < -0.3 is 9.78 Å². The van der Waals surface area contributed by atoms with Crippen LogP contribution in [-0.2, 0) is 4.65 Å². The van der Waals surface area contributed by atoms with Crippen LogP contribution in [0.15, 0.2) is 0 Å². The van der Waals surface area contributed by atoms with E-state index in [0.717, 1.165) is 0 Å². The number of rotatable bonds is 1. The Hall–Kier alpha value is -0.735. The molecule has 0 aromatic heterocycles. The summed E-state index contributed by atoms with van der Waals surface area (Å²) in [5, 5.41) is 9.61. The maximum atomic E-state index is 10.9. The molecule has 7 heteroatoms. The van der Waals surface area contributed by atoms with Crippen molar-refractivity contribution in [2.24, 2.45) is 0 Å².